The van der Waals surface area contributed by atoms with Gasteiger partial charge in [0.15, 0.2) is 0 Å². The lowest BCUT2D eigenvalue weighted by molar-refractivity contribution is -0.127. The maximum Gasteiger partial charge on any atom is 0.240 e. The first kappa shape index (κ1) is 12.5. The summed E-state index contributed by atoms with van der Waals surface area (Å²) in [5.74, 6) is -0.440. The van der Waals surface area contributed by atoms with E-state index in [4.69, 9.17) is 5.73 Å². The molecule has 2 amide bonds. The third-order valence-corrected chi connectivity index (χ3v) is 2.55. The Labute approximate surface area is 95.6 Å². The number of carbonyl (C=O) groups is 2. The van der Waals surface area contributed by atoms with Crippen LogP contribution in [0.4, 0.5) is 0 Å². The Morgan fingerprint density at radius 2 is 2.06 bits per heavy atom. The average Bonchev–Trinajstić information content (AvgIpc) is 2.29. The minimum Gasteiger partial charge on any atom is -0.368 e. The van der Waals surface area contributed by atoms with Crippen molar-refractivity contribution in [2.75, 3.05) is 0 Å². The molecule has 3 N–H and O–H groups in total. The molecule has 16 heavy (non-hydrogen) atoms. The summed E-state index contributed by atoms with van der Waals surface area (Å²) in [5.41, 5.74) is 5.26. The zero-order valence-corrected chi connectivity index (χ0v) is 9.48. The summed E-state index contributed by atoms with van der Waals surface area (Å²) < 4.78 is 0. The molecule has 0 saturated heterocycles. The predicted octanol–water partition coefficient (Wildman–Crippen LogP) is 0.889. The van der Waals surface area contributed by atoms with Crippen LogP contribution < -0.4 is 11.1 Å². The summed E-state index contributed by atoms with van der Waals surface area (Å²) in [5, 5.41) is 2.63. The van der Waals surface area contributed by atoms with E-state index in [1.54, 1.807) is 6.92 Å². The Morgan fingerprint density at radius 3 is 2.56 bits per heavy atom. The van der Waals surface area contributed by atoms with Gasteiger partial charge in [0.05, 0.1) is 0 Å². The minimum atomic E-state index is -0.579. The van der Waals surface area contributed by atoms with Crippen LogP contribution >= 0.6 is 0 Å². The summed E-state index contributed by atoms with van der Waals surface area (Å²) in [4.78, 5) is 22.4. The van der Waals surface area contributed by atoms with Gasteiger partial charge in [0.25, 0.3) is 0 Å². The van der Waals surface area contributed by atoms with Crippen LogP contribution in [0, 0.1) is 5.92 Å². The lowest BCUT2D eigenvalue weighted by Crippen LogP contribution is -2.45. The standard InChI is InChI=1S/C12H18N2O2/c1-2-11(15)14-10(12(13)16)8-9-6-4-3-5-7-9/h4-7,9-10H,2-3,8H2,1H3,(H2,13,16)(H,14,15). The molecule has 0 aliphatic heterocycles. The van der Waals surface area contributed by atoms with Crippen molar-refractivity contribution in [3.8, 4) is 0 Å². The molecule has 1 rings (SSSR count). The third-order valence-electron chi connectivity index (χ3n) is 2.55. The summed E-state index contributed by atoms with van der Waals surface area (Å²) in [6, 6.07) is -0.579. The molecule has 1 atom stereocenters. The number of nitrogens with two attached hydrogens (primary N) is 1. The summed E-state index contributed by atoms with van der Waals surface area (Å²) in [6.07, 6.45) is 9.99. The van der Waals surface area contributed by atoms with Crippen LogP contribution in [0.2, 0.25) is 0 Å². The zero-order chi connectivity index (χ0) is 12.0. The molecule has 0 fully saturated rings. The molecule has 4 nitrogen and oxygen atoms in total. The fourth-order valence-electron chi connectivity index (χ4n) is 1.62. The molecule has 0 aromatic carbocycles. The number of amides is 2. The van der Waals surface area contributed by atoms with Gasteiger partial charge in [0, 0.05) is 6.42 Å². The van der Waals surface area contributed by atoms with Crippen molar-refractivity contribution in [3.63, 3.8) is 0 Å². The maximum absolute atomic E-state index is 11.2. The Kier molecular flexibility index (Phi) is 4.76. The Morgan fingerprint density at radius 1 is 1.44 bits per heavy atom. The quantitative estimate of drug-likeness (QED) is 0.678. The number of nitrogens with one attached hydrogen (secondary N) is 1. The van der Waals surface area contributed by atoms with Gasteiger partial charge < -0.3 is 11.1 Å². The molecule has 1 aliphatic rings. The number of allylic oxidation sites excluding steroid dienone is 4. The van der Waals surface area contributed by atoms with E-state index in [1.165, 1.54) is 0 Å². The molecule has 0 bridgehead atoms. The SMILES string of the molecule is CCC(=O)NC(CC1C=CCC=C1)C(N)=O. The number of hydrogen-bond donors (Lipinski definition) is 2. The molecule has 4 heteroatoms. The van der Waals surface area contributed by atoms with Crippen molar-refractivity contribution >= 4 is 11.8 Å². The van der Waals surface area contributed by atoms with Crippen molar-refractivity contribution in [2.24, 2.45) is 11.7 Å². The van der Waals surface area contributed by atoms with Gasteiger partial charge in [-0.25, -0.2) is 0 Å². The first-order valence-corrected chi connectivity index (χ1v) is 5.55. The smallest absolute Gasteiger partial charge is 0.240 e. The monoisotopic (exact) mass is 222 g/mol. The Bertz CT molecular complexity index is 309. The molecule has 0 heterocycles. The average molecular weight is 222 g/mol. The molecule has 1 unspecified atom stereocenters. The number of primary amides is 1. The predicted molar refractivity (Wildman–Crippen MR) is 62.4 cm³/mol. The van der Waals surface area contributed by atoms with E-state index in [0.717, 1.165) is 6.42 Å². The number of carbonyl (C=O) groups excluding carboxylic acids is 2. The second kappa shape index (κ2) is 6.10. The van der Waals surface area contributed by atoms with Crippen LogP contribution in [0.5, 0.6) is 0 Å². The lowest BCUT2D eigenvalue weighted by Gasteiger charge is -2.19. The second-order valence-electron chi connectivity index (χ2n) is 3.87. The molecular formula is C12H18N2O2. The molecule has 1 aliphatic carbocycles. The van der Waals surface area contributed by atoms with Gasteiger partial charge in [-0.2, -0.15) is 0 Å². The van der Waals surface area contributed by atoms with Gasteiger partial charge in [-0.05, 0) is 18.8 Å². The summed E-state index contributed by atoms with van der Waals surface area (Å²) in [7, 11) is 0. The molecule has 0 aromatic rings. The van der Waals surface area contributed by atoms with Gasteiger partial charge in [-0.3, -0.25) is 9.59 Å². The van der Waals surface area contributed by atoms with Crippen molar-refractivity contribution in [2.45, 2.75) is 32.2 Å². The molecule has 88 valence electrons. The van der Waals surface area contributed by atoms with E-state index in [2.05, 4.69) is 5.32 Å². The fraction of sp³-hybridized carbons (Fsp3) is 0.500. The van der Waals surface area contributed by atoms with E-state index in [0.29, 0.717) is 12.8 Å². The molecule has 0 saturated carbocycles. The van der Waals surface area contributed by atoms with Crippen molar-refractivity contribution in [3.05, 3.63) is 24.3 Å². The first-order chi connectivity index (χ1) is 7.63. The van der Waals surface area contributed by atoms with E-state index in [1.807, 2.05) is 24.3 Å². The molecule has 0 radical (unpaired) electrons. The fourth-order valence-corrected chi connectivity index (χ4v) is 1.62. The summed E-state index contributed by atoms with van der Waals surface area (Å²) >= 11 is 0. The van der Waals surface area contributed by atoms with Gasteiger partial charge >= 0.3 is 0 Å². The van der Waals surface area contributed by atoms with Gasteiger partial charge in [-0.1, -0.05) is 31.2 Å². The highest BCUT2D eigenvalue weighted by Gasteiger charge is 2.20. The largest absolute Gasteiger partial charge is 0.368 e. The van der Waals surface area contributed by atoms with Crippen LogP contribution in [0.3, 0.4) is 0 Å². The molecule has 0 spiro atoms. The number of rotatable bonds is 5. The lowest BCUT2D eigenvalue weighted by atomic mass is 9.95. The van der Waals surface area contributed by atoms with Crippen LogP contribution in [0.15, 0.2) is 24.3 Å². The Balaban J connectivity index is 2.53. The van der Waals surface area contributed by atoms with Crippen LogP contribution in [0.25, 0.3) is 0 Å². The van der Waals surface area contributed by atoms with Gasteiger partial charge in [-0.15, -0.1) is 0 Å². The highest BCUT2D eigenvalue weighted by molar-refractivity contribution is 5.86. The molecule has 0 aromatic heterocycles. The minimum absolute atomic E-state index is 0.146. The van der Waals surface area contributed by atoms with E-state index >= 15 is 0 Å². The number of hydrogen-bond acceptors (Lipinski definition) is 2. The maximum atomic E-state index is 11.2. The van der Waals surface area contributed by atoms with Crippen LogP contribution in [0.1, 0.15) is 26.2 Å². The van der Waals surface area contributed by atoms with Gasteiger partial charge in [0.2, 0.25) is 11.8 Å². The van der Waals surface area contributed by atoms with Gasteiger partial charge in [0.1, 0.15) is 6.04 Å². The highest BCUT2D eigenvalue weighted by atomic mass is 16.2. The second-order valence-corrected chi connectivity index (χ2v) is 3.87. The molecular weight excluding hydrogens is 204 g/mol. The zero-order valence-electron chi connectivity index (χ0n) is 9.48. The topological polar surface area (TPSA) is 72.2 Å². The van der Waals surface area contributed by atoms with E-state index in [-0.39, 0.29) is 11.8 Å². The normalized spacial score (nSPS) is 17.1. The van der Waals surface area contributed by atoms with Crippen LogP contribution in [-0.4, -0.2) is 17.9 Å². The van der Waals surface area contributed by atoms with E-state index in [9.17, 15) is 9.59 Å². The highest BCUT2D eigenvalue weighted by Crippen LogP contribution is 2.15. The van der Waals surface area contributed by atoms with Crippen LogP contribution in [-0.2, 0) is 9.59 Å². The first-order valence-electron chi connectivity index (χ1n) is 5.55. The summed E-state index contributed by atoms with van der Waals surface area (Å²) in [6.45, 7) is 1.74. The third kappa shape index (κ3) is 3.88. The Hall–Kier alpha value is -1.58. The van der Waals surface area contributed by atoms with E-state index < -0.39 is 11.9 Å². The van der Waals surface area contributed by atoms with Crippen molar-refractivity contribution in [1.82, 2.24) is 5.32 Å². The van der Waals surface area contributed by atoms with Crippen molar-refractivity contribution < 1.29 is 9.59 Å². The van der Waals surface area contributed by atoms with Crippen molar-refractivity contribution in [1.29, 1.82) is 0 Å².